The molecule has 0 unspecified atom stereocenters. The van der Waals surface area contributed by atoms with Gasteiger partial charge in [-0.2, -0.15) is 0 Å². The first-order valence-corrected chi connectivity index (χ1v) is 6.58. The van der Waals surface area contributed by atoms with Crippen LogP contribution < -0.4 is 4.74 Å². The average Bonchev–Trinajstić information content (AvgIpc) is 2.90. The second-order valence-corrected chi connectivity index (χ2v) is 4.90. The Bertz CT molecular complexity index is 713. The Morgan fingerprint density at radius 2 is 1.90 bits per heavy atom. The number of oxime groups is 1. The SMILES string of the molecule is O/N=C1/CCc2cc(OCc3ccc(F)c(F)c3)ccc21. The highest BCUT2D eigenvalue weighted by Crippen LogP contribution is 2.27. The first kappa shape index (κ1) is 13.5. The van der Waals surface area contributed by atoms with Gasteiger partial charge >= 0.3 is 0 Å². The van der Waals surface area contributed by atoms with Crippen molar-refractivity contribution in [3.8, 4) is 5.75 Å². The summed E-state index contributed by atoms with van der Waals surface area (Å²) < 4.78 is 31.5. The molecule has 5 heteroatoms. The van der Waals surface area contributed by atoms with E-state index in [-0.39, 0.29) is 6.61 Å². The molecule has 0 fully saturated rings. The van der Waals surface area contributed by atoms with Crippen LogP contribution in [0.4, 0.5) is 8.78 Å². The van der Waals surface area contributed by atoms with Crippen LogP contribution in [0.15, 0.2) is 41.6 Å². The highest BCUT2D eigenvalue weighted by Gasteiger charge is 2.18. The second-order valence-electron chi connectivity index (χ2n) is 4.90. The van der Waals surface area contributed by atoms with E-state index in [1.165, 1.54) is 6.07 Å². The highest BCUT2D eigenvalue weighted by atomic mass is 19.2. The van der Waals surface area contributed by atoms with Crippen LogP contribution in [0, 0.1) is 11.6 Å². The number of fused-ring (bicyclic) bond motifs is 1. The third-order valence-corrected chi connectivity index (χ3v) is 3.53. The van der Waals surface area contributed by atoms with Crippen LogP contribution in [0.3, 0.4) is 0 Å². The van der Waals surface area contributed by atoms with Gasteiger partial charge in [0, 0.05) is 5.56 Å². The fourth-order valence-electron chi connectivity index (χ4n) is 2.44. The fourth-order valence-corrected chi connectivity index (χ4v) is 2.44. The summed E-state index contributed by atoms with van der Waals surface area (Å²) in [6.07, 6.45) is 1.51. The molecule has 0 saturated carbocycles. The van der Waals surface area contributed by atoms with Gasteiger partial charge in [-0.05, 0) is 54.3 Å². The molecule has 1 aliphatic carbocycles. The number of rotatable bonds is 3. The van der Waals surface area contributed by atoms with E-state index in [4.69, 9.17) is 9.94 Å². The van der Waals surface area contributed by atoms with Crippen molar-refractivity contribution >= 4 is 5.71 Å². The molecular formula is C16H13F2NO2. The van der Waals surface area contributed by atoms with Gasteiger partial charge < -0.3 is 9.94 Å². The summed E-state index contributed by atoms with van der Waals surface area (Å²) in [6.45, 7) is 0.164. The van der Waals surface area contributed by atoms with E-state index in [9.17, 15) is 8.78 Å². The zero-order valence-electron chi connectivity index (χ0n) is 11.1. The number of benzene rings is 2. The molecule has 3 nitrogen and oxygen atoms in total. The van der Waals surface area contributed by atoms with Crippen LogP contribution in [-0.2, 0) is 13.0 Å². The average molecular weight is 289 g/mol. The molecule has 0 amide bonds. The van der Waals surface area contributed by atoms with E-state index in [1.54, 1.807) is 6.07 Å². The Morgan fingerprint density at radius 3 is 2.67 bits per heavy atom. The first-order chi connectivity index (χ1) is 10.2. The van der Waals surface area contributed by atoms with Gasteiger partial charge in [-0.25, -0.2) is 8.78 Å². The Hall–Kier alpha value is -2.43. The lowest BCUT2D eigenvalue weighted by Crippen LogP contribution is -1.98. The Balaban J connectivity index is 1.73. The number of halogens is 2. The van der Waals surface area contributed by atoms with Crippen molar-refractivity contribution in [2.24, 2.45) is 5.16 Å². The van der Waals surface area contributed by atoms with Gasteiger partial charge in [0.1, 0.15) is 12.4 Å². The first-order valence-electron chi connectivity index (χ1n) is 6.58. The van der Waals surface area contributed by atoms with Gasteiger partial charge in [0.05, 0.1) is 5.71 Å². The third kappa shape index (κ3) is 2.72. The van der Waals surface area contributed by atoms with Crippen LogP contribution >= 0.6 is 0 Å². The molecule has 0 aliphatic heterocycles. The molecule has 2 aromatic carbocycles. The van der Waals surface area contributed by atoms with E-state index in [1.807, 2.05) is 12.1 Å². The molecule has 21 heavy (non-hydrogen) atoms. The zero-order chi connectivity index (χ0) is 14.8. The number of hydrogen-bond acceptors (Lipinski definition) is 3. The molecule has 3 rings (SSSR count). The second kappa shape index (κ2) is 5.52. The maximum atomic E-state index is 13.1. The van der Waals surface area contributed by atoms with E-state index in [0.717, 1.165) is 29.7 Å². The predicted octanol–water partition coefficient (Wildman–Crippen LogP) is 3.67. The molecule has 0 saturated heterocycles. The molecule has 1 aliphatic rings. The Morgan fingerprint density at radius 1 is 1.05 bits per heavy atom. The van der Waals surface area contributed by atoms with Gasteiger partial charge in [0.2, 0.25) is 0 Å². The summed E-state index contributed by atoms with van der Waals surface area (Å²) in [5.41, 5.74) is 3.23. The number of aryl methyl sites for hydroxylation is 1. The summed E-state index contributed by atoms with van der Waals surface area (Å²) in [4.78, 5) is 0. The van der Waals surface area contributed by atoms with Crippen molar-refractivity contribution in [2.75, 3.05) is 0 Å². The summed E-state index contributed by atoms with van der Waals surface area (Å²) in [7, 11) is 0. The van der Waals surface area contributed by atoms with Gasteiger partial charge in [-0.3, -0.25) is 0 Å². The van der Waals surface area contributed by atoms with Crippen LogP contribution in [0.5, 0.6) is 5.75 Å². The zero-order valence-corrected chi connectivity index (χ0v) is 11.1. The monoisotopic (exact) mass is 289 g/mol. The van der Waals surface area contributed by atoms with Crippen LogP contribution in [0.1, 0.15) is 23.1 Å². The smallest absolute Gasteiger partial charge is 0.159 e. The Labute approximate surface area is 120 Å². The molecule has 1 N–H and O–H groups in total. The van der Waals surface area contributed by atoms with Gasteiger partial charge in [-0.15, -0.1) is 0 Å². The highest BCUT2D eigenvalue weighted by molar-refractivity contribution is 6.04. The van der Waals surface area contributed by atoms with Crippen molar-refractivity contribution in [1.29, 1.82) is 0 Å². The van der Waals surface area contributed by atoms with E-state index < -0.39 is 11.6 Å². The number of nitrogens with zero attached hydrogens (tertiary/aromatic N) is 1. The normalized spacial score (nSPS) is 15.2. The summed E-state index contributed by atoms with van der Waals surface area (Å²) in [5, 5.41) is 12.1. The Kier molecular flexibility index (Phi) is 3.56. The van der Waals surface area contributed by atoms with Gasteiger partial charge in [-0.1, -0.05) is 11.2 Å². The lowest BCUT2D eigenvalue weighted by Gasteiger charge is -2.08. The van der Waals surface area contributed by atoms with Gasteiger partial charge in [0.15, 0.2) is 11.6 Å². The molecule has 0 atom stereocenters. The quantitative estimate of drug-likeness (QED) is 0.692. The van der Waals surface area contributed by atoms with Crippen molar-refractivity contribution in [3.05, 3.63) is 64.7 Å². The minimum atomic E-state index is -0.881. The standard InChI is InChI=1S/C16H13F2NO2/c17-14-5-1-10(7-15(14)18)9-21-12-3-4-13-11(8-12)2-6-16(13)19-20/h1,3-5,7-8,20H,2,6,9H2/b19-16-. The maximum Gasteiger partial charge on any atom is 0.159 e. The lowest BCUT2D eigenvalue weighted by molar-refractivity contribution is 0.305. The topological polar surface area (TPSA) is 41.8 Å². The van der Waals surface area contributed by atoms with Crippen molar-refractivity contribution in [3.63, 3.8) is 0 Å². The summed E-state index contributed by atoms with van der Waals surface area (Å²) >= 11 is 0. The van der Waals surface area contributed by atoms with Gasteiger partial charge in [0.25, 0.3) is 0 Å². The largest absolute Gasteiger partial charge is 0.489 e. The van der Waals surface area contributed by atoms with Crippen LogP contribution in [0.2, 0.25) is 0 Å². The molecule has 0 bridgehead atoms. The summed E-state index contributed by atoms with van der Waals surface area (Å²) in [6, 6.07) is 9.20. The fraction of sp³-hybridized carbons (Fsp3) is 0.188. The predicted molar refractivity (Wildman–Crippen MR) is 73.8 cm³/mol. The third-order valence-electron chi connectivity index (χ3n) is 3.53. The molecular weight excluding hydrogens is 276 g/mol. The minimum Gasteiger partial charge on any atom is -0.489 e. The van der Waals surface area contributed by atoms with Crippen molar-refractivity contribution in [1.82, 2.24) is 0 Å². The summed E-state index contributed by atoms with van der Waals surface area (Å²) in [5.74, 6) is -1.10. The molecule has 0 aromatic heterocycles. The molecule has 2 aromatic rings. The molecule has 0 radical (unpaired) electrons. The van der Waals surface area contributed by atoms with Crippen molar-refractivity contribution in [2.45, 2.75) is 19.4 Å². The number of hydrogen-bond donors (Lipinski definition) is 1. The molecule has 108 valence electrons. The minimum absolute atomic E-state index is 0.164. The van der Waals surface area contributed by atoms with E-state index in [2.05, 4.69) is 5.16 Å². The molecule has 0 heterocycles. The maximum absolute atomic E-state index is 13.1. The number of ether oxygens (including phenoxy) is 1. The van der Waals surface area contributed by atoms with Crippen LogP contribution in [0.25, 0.3) is 0 Å². The van der Waals surface area contributed by atoms with E-state index >= 15 is 0 Å². The van der Waals surface area contributed by atoms with Crippen molar-refractivity contribution < 1.29 is 18.7 Å². The van der Waals surface area contributed by atoms with Crippen LogP contribution in [-0.4, -0.2) is 10.9 Å². The molecule has 0 spiro atoms. The van der Waals surface area contributed by atoms with E-state index in [0.29, 0.717) is 23.4 Å². The lowest BCUT2D eigenvalue weighted by atomic mass is 10.1.